The number of methoxy groups -OCH3 is 1. The Morgan fingerprint density at radius 3 is 2.73 bits per heavy atom. The van der Waals surface area contributed by atoms with E-state index >= 15 is 0 Å². The van der Waals surface area contributed by atoms with E-state index < -0.39 is 0 Å². The lowest BCUT2D eigenvalue weighted by atomic mass is 10.2. The van der Waals surface area contributed by atoms with E-state index in [1.54, 1.807) is 13.2 Å². The summed E-state index contributed by atoms with van der Waals surface area (Å²) in [7, 11) is 1.61. The molecule has 0 amide bonds. The van der Waals surface area contributed by atoms with Crippen LogP contribution in [0.15, 0.2) is 18.2 Å². The van der Waals surface area contributed by atoms with Crippen LogP contribution in [0.25, 0.3) is 0 Å². The second-order valence-corrected chi connectivity index (χ2v) is 3.47. The molecule has 0 aliphatic carbocycles. The number of hydrogen-bond donors (Lipinski definition) is 1. The van der Waals surface area contributed by atoms with Crippen LogP contribution in [0.2, 0.25) is 0 Å². The van der Waals surface area contributed by atoms with Crippen molar-refractivity contribution < 1.29 is 13.9 Å². The van der Waals surface area contributed by atoms with E-state index in [-0.39, 0.29) is 11.9 Å². The van der Waals surface area contributed by atoms with Gasteiger partial charge in [-0.1, -0.05) is 0 Å². The first-order chi connectivity index (χ1) is 7.11. The molecule has 0 bridgehead atoms. The third-order valence-corrected chi connectivity index (χ3v) is 1.92. The third-order valence-electron chi connectivity index (χ3n) is 1.92. The van der Waals surface area contributed by atoms with Crippen molar-refractivity contribution in [3.05, 3.63) is 29.6 Å². The highest BCUT2D eigenvalue weighted by Crippen LogP contribution is 2.12. The molecule has 1 aromatic rings. The van der Waals surface area contributed by atoms with Gasteiger partial charge in [-0.25, -0.2) is 4.39 Å². The van der Waals surface area contributed by atoms with Crippen molar-refractivity contribution in [2.75, 3.05) is 19.5 Å². The van der Waals surface area contributed by atoms with E-state index in [2.05, 4.69) is 0 Å². The summed E-state index contributed by atoms with van der Waals surface area (Å²) < 4.78 is 23.3. The summed E-state index contributed by atoms with van der Waals surface area (Å²) in [6.45, 7) is 2.75. The van der Waals surface area contributed by atoms with E-state index in [4.69, 9.17) is 15.2 Å². The van der Waals surface area contributed by atoms with E-state index in [0.717, 1.165) is 5.56 Å². The molecule has 1 unspecified atom stereocenters. The fourth-order valence-electron chi connectivity index (χ4n) is 1.28. The van der Waals surface area contributed by atoms with Crippen LogP contribution in [0.1, 0.15) is 12.5 Å². The number of hydrogen-bond acceptors (Lipinski definition) is 3. The summed E-state index contributed by atoms with van der Waals surface area (Å²) in [5, 5.41) is 0. The molecule has 0 aliphatic rings. The molecule has 0 radical (unpaired) electrons. The number of ether oxygens (including phenoxy) is 2. The molecule has 0 spiro atoms. The maximum Gasteiger partial charge on any atom is 0.125 e. The summed E-state index contributed by atoms with van der Waals surface area (Å²) in [6.07, 6.45) is -0.0144. The number of rotatable bonds is 5. The molecule has 0 aliphatic heterocycles. The molecule has 0 saturated heterocycles. The molecule has 84 valence electrons. The maximum absolute atomic E-state index is 12.9. The van der Waals surface area contributed by atoms with Crippen LogP contribution in [0, 0.1) is 5.82 Å². The van der Waals surface area contributed by atoms with Crippen LogP contribution in [0.5, 0.6) is 0 Å². The first kappa shape index (κ1) is 11.9. The van der Waals surface area contributed by atoms with Gasteiger partial charge >= 0.3 is 0 Å². The molecule has 2 N–H and O–H groups in total. The molecule has 4 heteroatoms. The van der Waals surface area contributed by atoms with Gasteiger partial charge in [-0.15, -0.1) is 0 Å². The minimum atomic E-state index is -0.340. The van der Waals surface area contributed by atoms with Crippen LogP contribution in [-0.4, -0.2) is 19.8 Å². The fourth-order valence-corrected chi connectivity index (χ4v) is 1.28. The molecule has 0 aromatic heterocycles. The fraction of sp³-hybridized carbons (Fsp3) is 0.455. The monoisotopic (exact) mass is 213 g/mol. The van der Waals surface area contributed by atoms with Crippen LogP contribution in [-0.2, 0) is 16.1 Å². The Labute approximate surface area is 89.0 Å². The predicted octanol–water partition coefficient (Wildman–Crippen LogP) is 1.96. The largest absolute Gasteiger partial charge is 0.399 e. The van der Waals surface area contributed by atoms with Crippen molar-refractivity contribution in [3.63, 3.8) is 0 Å². The van der Waals surface area contributed by atoms with Crippen molar-refractivity contribution in [2.24, 2.45) is 0 Å². The van der Waals surface area contributed by atoms with E-state index in [0.29, 0.717) is 18.9 Å². The van der Waals surface area contributed by atoms with Gasteiger partial charge in [0.05, 0.1) is 19.3 Å². The number of nitrogen functional groups attached to an aromatic ring is 1. The average molecular weight is 213 g/mol. The van der Waals surface area contributed by atoms with Gasteiger partial charge in [0.2, 0.25) is 0 Å². The van der Waals surface area contributed by atoms with Gasteiger partial charge in [-0.3, -0.25) is 0 Å². The highest BCUT2D eigenvalue weighted by molar-refractivity contribution is 5.41. The third kappa shape index (κ3) is 4.27. The Morgan fingerprint density at radius 2 is 2.13 bits per heavy atom. The predicted molar refractivity (Wildman–Crippen MR) is 56.9 cm³/mol. The number of benzene rings is 1. The zero-order valence-corrected chi connectivity index (χ0v) is 9.00. The van der Waals surface area contributed by atoms with Gasteiger partial charge in [0.1, 0.15) is 5.82 Å². The second-order valence-electron chi connectivity index (χ2n) is 3.47. The van der Waals surface area contributed by atoms with Crippen molar-refractivity contribution in [2.45, 2.75) is 19.6 Å². The lowest BCUT2D eigenvalue weighted by molar-refractivity contribution is -0.000186. The van der Waals surface area contributed by atoms with Crippen molar-refractivity contribution in [3.8, 4) is 0 Å². The minimum absolute atomic E-state index is 0.0144. The minimum Gasteiger partial charge on any atom is -0.399 e. The summed E-state index contributed by atoms with van der Waals surface area (Å²) in [6, 6.07) is 4.39. The van der Waals surface area contributed by atoms with Gasteiger partial charge in [0.25, 0.3) is 0 Å². The molecule has 15 heavy (non-hydrogen) atoms. The van der Waals surface area contributed by atoms with E-state index in [1.807, 2.05) is 6.92 Å². The Hall–Kier alpha value is -1.13. The molecule has 1 atom stereocenters. The van der Waals surface area contributed by atoms with E-state index in [1.165, 1.54) is 12.1 Å². The van der Waals surface area contributed by atoms with Crippen molar-refractivity contribution >= 4 is 5.69 Å². The summed E-state index contributed by atoms with van der Waals surface area (Å²) in [5.74, 6) is -0.340. The first-order valence-electron chi connectivity index (χ1n) is 4.77. The van der Waals surface area contributed by atoms with E-state index in [9.17, 15) is 4.39 Å². The number of halogens is 1. The second kappa shape index (κ2) is 5.68. The Morgan fingerprint density at radius 1 is 1.40 bits per heavy atom. The van der Waals surface area contributed by atoms with Gasteiger partial charge in [-0.2, -0.15) is 0 Å². The van der Waals surface area contributed by atoms with Gasteiger partial charge in [-0.05, 0) is 30.7 Å². The topological polar surface area (TPSA) is 44.5 Å². The molecule has 1 aromatic carbocycles. The van der Waals surface area contributed by atoms with Crippen LogP contribution in [0.4, 0.5) is 10.1 Å². The molecule has 1 rings (SSSR count). The first-order valence-corrected chi connectivity index (χ1v) is 4.77. The Kier molecular flexibility index (Phi) is 4.52. The average Bonchev–Trinajstić information content (AvgIpc) is 2.14. The molecule has 0 fully saturated rings. The summed E-state index contributed by atoms with van der Waals surface area (Å²) in [4.78, 5) is 0. The molecule has 0 saturated carbocycles. The summed E-state index contributed by atoms with van der Waals surface area (Å²) >= 11 is 0. The molecular weight excluding hydrogens is 197 g/mol. The zero-order chi connectivity index (χ0) is 11.3. The number of nitrogens with two attached hydrogens (primary N) is 1. The highest BCUT2D eigenvalue weighted by atomic mass is 19.1. The van der Waals surface area contributed by atoms with Crippen LogP contribution < -0.4 is 5.73 Å². The Bertz CT molecular complexity index is 297. The number of anilines is 1. The van der Waals surface area contributed by atoms with Gasteiger partial charge in [0, 0.05) is 12.8 Å². The van der Waals surface area contributed by atoms with Crippen LogP contribution in [0.3, 0.4) is 0 Å². The summed E-state index contributed by atoms with van der Waals surface area (Å²) in [5.41, 5.74) is 6.65. The standard InChI is InChI=1S/C11H16FNO2/c1-8(6-14-2)15-7-9-3-10(12)5-11(13)4-9/h3-5,8H,6-7,13H2,1-2H3. The van der Waals surface area contributed by atoms with Crippen molar-refractivity contribution in [1.82, 2.24) is 0 Å². The van der Waals surface area contributed by atoms with Crippen LogP contribution >= 0.6 is 0 Å². The van der Waals surface area contributed by atoms with Crippen molar-refractivity contribution in [1.29, 1.82) is 0 Å². The quantitative estimate of drug-likeness (QED) is 0.760. The highest BCUT2D eigenvalue weighted by Gasteiger charge is 2.03. The normalized spacial score (nSPS) is 12.7. The van der Waals surface area contributed by atoms with Gasteiger partial charge in [0.15, 0.2) is 0 Å². The Balaban J connectivity index is 2.50. The lowest BCUT2D eigenvalue weighted by Gasteiger charge is -2.12. The zero-order valence-electron chi connectivity index (χ0n) is 9.00. The smallest absolute Gasteiger partial charge is 0.125 e. The molecular formula is C11H16FNO2. The van der Waals surface area contributed by atoms with Gasteiger partial charge < -0.3 is 15.2 Å². The lowest BCUT2D eigenvalue weighted by Crippen LogP contribution is -2.14. The maximum atomic E-state index is 12.9. The molecule has 0 heterocycles. The molecule has 3 nitrogen and oxygen atoms in total. The SMILES string of the molecule is COCC(C)OCc1cc(N)cc(F)c1.